The van der Waals surface area contributed by atoms with Crippen molar-refractivity contribution in [3.05, 3.63) is 48.2 Å². The van der Waals surface area contributed by atoms with Gasteiger partial charge in [-0.15, -0.1) is 0 Å². The summed E-state index contributed by atoms with van der Waals surface area (Å²) in [6.07, 6.45) is 3.51. The quantitative estimate of drug-likeness (QED) is 0.889. The van der Waals surface area contributed by atoms with Crippen molar-refractivity contribution in [1.29, 1.82) is 0 Å². The first kappa shape index (κ1) is 14.5. The molecule has 2 aromatic rings. The first-order chi connectivity index (χ1) is 10.8. The van der Waals surface area contributed by atoms with Crippen LogP contribution in [0.3, 0.4) is 0 Å². The van der Waals surface area contributed by atoms with E-state index < -0.39 is 6.09 Å². The van der Waals surface area contributed by atoms with E-state index >= 15 is 0 Å². The monoisotopic (exact) mass is 297 g/mol. The minimum absolute atomic E-state index is 0.302. The third-order valence-corrected chi connectivity index (χ3v) is 3.72. The maximum atomic E-state index is 11.9. The largest absolute Gasteiger partial charge is 0.413 e. The fraction of sp³-hybridized carbons (Fsp3) is 0.294. The summed E-state index contributed by atoms with van der Waals surface area (Å²) in [5, 5.41) is 2.77. The second-order valence-electron chi connectivity index (χ2n) is 5.43. The van der Waals surface area contributed by atoms with Gasteiger partial charge in [-0.2, -0.15) is 0 Å². The lowest BCUT2D eigenvalue weighted by molar-refractivity contribution is 0.198. The van der Waals surface area contributed by atoms with E-state index in [-0.39, 0.29) is 0 Å². The van der Waals surface area contributed by atoms with Crippen LogP contribution in [-0.4, -0.2) is 17.6 Å². The number of carbonyl (C=O) groups excluding carboxylic acids is 1. The van der Waals surface area contributed by atoms with Gasteiger partial charge in [-0.05, 0) is 42.0 Å². The van der Waals surface area contributed by atoms with Gasteiger partial charge in [0.25, 0.3) is 0 Å². The van der Waals surface area contributed by atoms with Crippen LogP contribution in [-0.2, 0) is 6.54 Å². The number of carbonyl (C=O) groups is 1. The molecule has 1 aromatic heterocycles. The average molecular weight is 297 g/mol. The molecule has 5 nitrogen and oxygen atoms in total. The molecule has 0 atom stereocenters. The molecule has 0 aliphatic heterocycles. The Morgan fingerprint density at radius 3 is 2.77 bits per heavy atom. The molecule has 1 aliphatic rings. The lowest BCUT2D eigenvalue weighted by Crippen LogP contribution is -2.29. The molecule has 1 aliphatic carbocycles. The molecular weight excluding hydrogens is 278 g/mol. The Hall–Kier alpha value is -2.40. The number of ether oxygens (including phenoxy) is 1. The highest BCUT2D eigenvalue weighted by atomic mass is 16.6. The van der Waals surface area contributed by atoms with E-state index in [1.54, 1.807) is 6.20 Å². The smallest absolute Gasteiger partial charge is 0.391 e. The lowest BCUT2D eigenvalue weighted by Gasteiger charge is -2.12. The standard InChI is InChI=1S/C17H19N3O2/c18-10-13-4-1-2-5-14(13)15-6-3-9-19-16(15)22-17(21)20-11-12-7-8-12/h1-6,9,12H,7-8,10-11,18H2,(H,20,21). The molecule has 0 saturated heterocycles. The lowest BCUT2D eigenvalue weighted by atomic mass is 10.0. The topological polar surface area (TPSA) is 77.2 Å². The normalized spacial score (nSPS) is 13.7. The Kier molecular flexibility index (Phi) is 4.34. The van der Waals surface area contributed by atoms with Gasteiger partial charge < -0.3 is 15.8 Å². The van der Waals surface area contributed by atoms with E-state index in [2.05, 4.69) is 10.3 Å². The SMILES string of the molecule is NCc1ccccc1-c1cccnc1OC(=O)NCC1CC1. The summed E-state index contributed by atoms with van der Waals surface area (Å²) >= 11 is 0. The van der Waals surface area contributed by atoms with Crippen molar-refractivity contribution >= 4 is 6.09 Å². The summed E-state index contributed by atoms with van der Waals surface area (Å²) in [5.41, 5.74) is 8.47. The van der Waals surface area contributed by atoms with E-state index in [1.807, 2.05) is 36.4 Å². The Morgan fingerprint density at radius 2 is 2.00 bits per heavy atom. The third-order valence-electron chi connectivity index (χ3n) is 3.72. The van der Waals surface area contributed by atoms with Crippen molar-refractivity contribution in [2.75, 3.05) is 6.54 Å². The number of hydrogen-bond acceptors (Lipinski definition) is 4. The van der Waals surface area contributed by atoms with Crippen LogP contribution in [0.15, 0.2) is 42.6 Å². The van der Waals surface area contributed by atoms with Gasteiger partial charge in [-0.1, -0.05) is 24.3 Å². The molecule has 1 amide bonds. The molecule has 3 rings (SSSR count). The number of amides is 1. The highest BCUT2D eigenvalue weighted by Crippen LogP contribution is 2.31. The first-order valence-corrected chi connectivity index (χ1v) is 7.47. The predicted molar refractivity (Wildman–Crippen MR) is 84.3 cm³/mol. The number of rotatable bonds is 5. The molecule has 1 fully saturated rings. The van der Waals surface area contributed by atoms with Crippen molar-refractivity contribution in [3.63, 3.8) is 0 Å². The summed E-state index contributed by atoms with van der Waals surface area (Å²) in [4.78, 5) is 16.1. The van der Waals surface area contributed by atoms with Gasteiger partial charge in [0.15, 0.2) is 0 Å². The molecule has 0 bridgehead atoms. The minimum Gasteiger partial charge on any atom is -0.391 e. The Bertz CT molecular complexity index is 668. The number of benzene rings is 1. The first-order valence-electron chi connectivity index (χ1n) is 7.47. The van der Waals surface area contributed by atoms with Gasteiger partial charge in [-0.25, -0.2) is 9.78 Å². The van der Waals surface area contributed by atoms with Crippen LogP contribution in [0.5, 0.6) is 5.88 Å². The van der Waals surface area contributed by atoms with E-state index in [4.69, 9.17) is 10.5 Å². The molecule has 1 aromatic carbocycles. The van der Waals surface area contributed by atoms with Crippen molar-refractivity contribution in [3.8, 4) is 17.0 Å². The summed E-state index contributed by atoms with van der Waals surface area (Å²) in [7, 11) is 0. The maximum absolute atomic E-state index is 11.9. The highest BCUT2D eigenvalue weighted by Gasteiger charge is 2.22. The Balaban J connectivity index is 1.81. The minimum atomic E-state index is -0.461. The van der Waals surface area contributed by atoms with Crippen LogP contribution < -0.4 is 15.8 Å². The van der Waals surface area contributed by atoms with Gasteiger partial charge in [-0.3, -0.25) is 0 Å². The van der Waals surface area contributed by atoms with Gasteiger partial charge in [0.1, 0.15) is 0 Å². The maximum Gasteiger partial charge on any atom is 0.413 e. The zero-order valence-corrected chi connectivity index (χ0v) is 12.3. The Labute approximate surface area is 129 Å². The van der Waals surface area contributed by atoms with Crippen LogP contribution in [0.4, 0.5) is 4.79 Å². The number of hydrogen-bond donors (Lipinski definition) is 2. The second kappa shape index (κ2) is 6.58. The highest BCUT2D eigenvalue weighted by molar-refractivity contribution is 5.77. The molecule has 114 valence electrons. The summed E-state index contributed by atoms with van der Waals surface area (Å²) in [6.45, 7) is 1.08. The van der Waals surface area contributed by atoms with Crippen LogP contribution in [0, 0.1) is 5.92 Å². The van der Waals surface area contributed by atoms with Gasteiger partial charge in [0.2, 0.25) is 5.88 Å². The van der Waals surface area contributed by atoms with Crippen LogP contribution in [0.1, 0.15) is 18.4 Å². The predicted octanol–water partition coefficient (Wildman–Crippen LogP) is 2.71. The van der Waals surface area contributed by atoms with Crippen LogP contribution in [0.2, 0.25) is 0 Å². The van der Waals surface area contributed by atoms with Crippen molar-refractivity contribution < 1.29 is 9.53 Å². The average Bonchev–Trinajstić information content (AvgIpc) is 3.38. The van der Waals surface area contributed by atoms with Crippen LogP contribution >= 0.6 is 0 Å². The molecule has 3 N–H and O–H groups in total. The van der Waals surface area contributed by atoms with Crippen molar-refractivity contribution in [1.82, 2.24) is 10.3 Å². The fourth-order valence-corrected chi connectivity index (χ4v) is 2.31. The van der Waals surface area contributed by atoms with Crippen molar-refractivity contribution in [2.45, 2.75) is 19.4 Å². The van der Waals surface area contributed by atoms with Gasteiger partial charge in [0, 0.05) is 24.8 Å². The number of aromatic nitrogens is 1. The molecule has 0 radical (unpaired) electrons. The summed E-state index contributed by atoms with van der Waals surface area (Å²) in [5.74, 6) is 0.908. The molecule has 0 spiro atoms. The number of pyridine rings is 1. The number of nitrogens with two attached hydrogens (primary N) is 1. The third kappa shape index (κ3) is 3.43. The Morgan fingerprint density at radius 1 is 1.23 bits per heavy atom. The molecule has 5 heteroatoms. The van der Waals surface area contributed by atoms with E-state index in [0.717, 1.165) is 16.7 Å². The number of nitrogens with zero attached hydrogens (tertiary/aromatic N) is 1. The second-order valence-corrected chi connectivity index (χ2v) is 5.43. The van der Waals surface area contributed by atoms with Crippen LogP contribution in [0.25, 0.3) is 11.1 Å². The van der Waals surface area contributed by atoms with Crippen molar-refractivity contribution in [2.24, 2.45) is 11.7 Å². The van der Waals surface area contributed by atoms with Gasteiger partial charge >= 0.3 is 6.09 Å². The molecule has 22 heavy (non-hydrogen) atoms. The molecule has 1 saturated carbocycles. The molecular formula is C17H19N3O2. The zero-order valence-electron chi connectivity index (χ0n) is 12.3. The van der Waals surface area contributed by atoms with E-state index in [9.17, 15) is 4.79 Å². The zero-order chi connectivity index (χ0) is 15.4. The summed E-state index contributed by atoms with van der Waals surface area (Å²) in [6, 6.07) is 11.5. The van der Waals surface area contributed by atoms with E-state index in [1.165, 1.54) is 12.8 Å². The van der Waals surface area contributed by atoms with Gasteiger partial charge in [0.05, 0.1) is 0 Å². The molecule has 1 heterocycles. The fourth-order valence-electron chi connectivity index (χ4n) is 2.31. The van der Waals surface area contributed by atoms with E-state index in [0.29, 0.717) is 24.9 Å². The molecule has 0 unspecified atom stereocenters. The number of nitrogens with one attached hydrogen (secondary N) is 1. The summed E-state index contributed by atoms with van der Waals surface area (Å²) < 4.78 is 5.38.